The first-order chi connectivity index (χ1) is 7.91. The van der Waals surface area contributed by atoms with Crippen molar-refractivity contribution in [3.8, 4) is 0 Å². The zero-order chi connectivity index (χ0) is 13.1. The smallest absolute Gasteiger partial charge is 0.293 e. The molecule has 5 heteroatoms. The monoisotopic (exact) mass is 259 g/mol. The molecule has 0 amide bonds. The molecule has 1 aliphatic rings. The lowest BCUT2D eigenvalue weighted by molar-refractivity contribution is -0.141. The number of carbonyl (C=O) groups excluding carboxylic acids is 1. The number of aliphatic hydroxyl groups is 1. The summed E-state index contributed by atoms with van der Waals surface area (Å²) in [6, 6.07) is 0. The first kappa shape index (κ1) is 14.4. The van der Waals surface area contributed by atoms with Crippen LogP contribution in [0.1, 0.15) is 27.2 Å². The number of allylic oxidation sites excluding steroid dienone is 1. The first-order valence-corrected chi connectivity index (χ1v) is 6.71. The van der Waals surface area contributed by atoms with E-state index in [1.54, 1.807) is 11.8 Å². The minimum Gasteiger partial charge on any atom is -0.462 e. The van der Waals surface area contributed by atoms with Gasteiger partial charge in [0.05, 0.1) is 12.0 Å². The fourth-order valence-electron chi connectivity index (χ4n) is 1.83. The highest BCUT2D eigenvalue weighted by atomic mass is 32.2. The summed E-state index contributed by atoms with van der Waals surface area (Å²) in [4.78, 5) is 12.6. The first-order valence-electron chi connectivity index (χ1n) is 5.66. The Morgan fingerprint density at radius 1 is 1.65 bits per heavy atom. The Balaban J connectivity index is 2.70. The van der Waals surface area contributed by atoms with Crippen LogP contribution in [0.25, 0.3) is 0 Å². The van der Waals surface area contributed by atoms with Crippen LogP contribution >= 0.6 is 11.8 Å². The molecule has 0 aliphatic carbocycles. The number of nitrogens with zero attached hydrogens (tertiary/aromatic N) is 1. The molecule has 0 aromatic heterocycles. The SMILES string of the molecule is CC1=C(CO)CSC(CC(C)(C)OC=O)N1C. The van der Waals surface area contributed by atoms with E-state index in [0.29, 0.717) is 6.47 Å². The van der Waals surface area contributed by atoms with Gasteiger partial charge in [-0.25, -0.2) is 0 Å². The summed E-state index contributed by atoms with van der Waals surface area (Å²) in [6.45, 7) is 6.47. The lowest BCUT2D eigenvalue weighted by Gasteiger charge is -2.39. The van der Waals surface area contributed by atoms with Gasteiger partial charge in [-0.1, -0.05) is 0 Å². The Hall–Kier alpha value is -0.680. The van der Waals surface area contributed by atoms with Crippen LogP contribution in [0.5, 0.6) is 0 Å². The molecule has 98 valence electrons. The topological polar surface area (TPSA) is 49.8 Å². The predicted octanol–water partition coefficient (Wildman–Crippen LogP) is 1.60. The molecule has 1 heterocycles. The van der Waals surface area contributed by atoms with Gasteiger partial charge in [-0.05, 0) is 26.3 Å². The van der Waals surface area contributed by atoms with Crippen LogP contribution in [-0.2, 0) is 9.53 Å². The minimum absolute atomic E-state index is 0.115. The molecule has 0 saturated heterocycles. The second kappa shape index (κ2) is 5.78. The molecule has 1 rings (SSSR count). The van der Waals surface area contributed by atoms with E-state index in [4.69, 9.17) is 4.74 Å². The third kappa shape index (κ3) is 3.64. The van der Waals surface area contributed by atoms with E-state index in [0.717, 1.165) is 23.4 Å². The van der Waals surface area contributed by atoms with Crippen LogP contribution in [0.4, 0.5) is 0 Å². The van der Waals surface area contributed by atoms with E-state index in [1.807, 2.05) is 27.8 Å². The Bertz CT molecular complexity index is 315. The number of hydrogen-bond donors (Lipinski definition) is 1. The summed E-state index contributed by atoms with van der Waals surface area (Å²) in [5.74, 6) is 0.842. The molecule has 0 bridgehead atoms. The Morgan fingerprint density at radius 2 is 2.29 bits per heavy atom. The summed E-state index contributed by atoms with van der Waals surface area (Å²) in [5, 5.41) is 9.49. The fraction of sp³-hybridized carbons (Fsp3) is 0.750. The van der Waals surface area contributed by atoms with E-state index in [9.17, 15) is 9.90 Å². The maximum Gasteiger partial charge on any atom is 0.293 e. The molecule has 1 unspecified atom stereocenters. The quantitative estimate of drug-likeness (QED) is 0.760. The zero-order valence-electron chi connectivity index (χ0n) is 10.9. The van der Waals surface area contributed by atoms with Crippen LogP contribution < -0.4 is 0 Å². The molecule has 0 aromatic rings. The number of aliphatic hydroxyl groups excluding tert-OH is 1. The molecular formula is C12H21NO3S. The van der Waals surface area contributed by atoms with Crippen LogP contribution in [0.15, 0.2) is 11.3 Å². The van der Waals surface area contributed by atoms with Gasteiger partial charge in [0.2, 0.25) is 0 Å². The van der Waals surface area contributed by atoms with E-state index < -0.39 is 5.60 Å². The largest absolute Gasteiger partial charge is 0.462 e. The Labute approximate surface area is 107 Å². The van der Waals surface area contributed by atoms with Gasteiger partial charge < -0.3 is 14.7 Å². The lowest BCUT2D eigenvalue weighted by Crippen LogP contribution is -2.39. The van der Waals surface area contributed by atoms with E-state index >= 15 is 0 Å². The van der Waals surface area contributed by atoms with Crippen LogP contribution in [0.2, 0.25) is 0 Å². The third-order valence-corrected chi connectivity index (χ3v) is 4.53. The van der Waals surface area contributed by atoms with Gasteiger partial charge in [-0.15, -0.1) is 11.8 Å². The van der Waals surface area contributed by atoms with Crippen molar-refractivity contribution in [3.63, 3.8) is 0 Å². The van der Waals surface area contributed by atoms with E-state index in [2.05, 4.69) is 4.90 Å². The summed E-state index contributed by atoms with van der Waals surface area (Å²) in [5.41, 5.74) is 1.74. The molecule has 0 aromatic carbocycles. The van der Waals surface area contributed by atoms with Gasteiger partial charge in [-0.3, -0.25) is 4.79 Å². The molecule has 1 N–H and O–H groups in total. The van der Waals surface area contributed by atoms with Crippen LogP contribution in [0, 0.1) is 0 Å². The third-order valence-electron chi connectivity index (χ3n) is 3.15. The number of rotatable bonds is 5. The van der Waals surface area contributed by atoms with Crippen molar-refractivity contribution in [2.75, 3.05) is 19.4 Å². The van der Waals surface area contributed by atoms with E-state index in [1.165, 1.54) is 0 Å². The lowest BCUT2D eigenvalue weighted by atomic mass is 10.0. The summed E-state index contributed by atoms with van der Waals surface area (Å²) < 4.78 is 5.08. The summed E-state index contributed by atoms with van der Waals surface area (Å²) in [7, 11) is 2.01. The highest BCUT2D eigenvalue weighted by molar-refractivity contribution is 8.00. The molecule has 0 radical (unpaired) electrons. The average Bonchev–Trinajstić information content (AvgIpc) is 2.25. The maximum atomic E-state index is 10.4. The minimum atomic E-state index is -0.454. The molecule has 17 heavy (non-hydrogen) atoms. The van der Waals surface area contributed by atoms with Gasteiger partial charge in [-0.2, -0.15) is 0 Å². The standard InChI is InChI=1S/C12H21NO3S/c1-9-10(6-14)7-17-11(13(9)4)5-12(2,3)16-8-15/h8,11,14H,5-7H2,1-4H3. The van der Waals surface area contributed by atoms with Crippen molar-refractivity contribution in [3.05, 3.63) is 11.3 Å². The van der Waals surface area contributed by atoms with Crippen LogP contribution in [0.3, 0.4) is 0 Å². The van der Waals surface area contributed by atoms with Crippen molar-refractivity contribution in [2.45, 2.75) is 38.2 Å². The molecule has 0 saturated carbocycles. The Morgan fingerprint density at radius 3 is 2.82 bits per heavy atom. The maximum absolute atomic E-state index is 10.4. The normalized spacial score (nSPS) is 21.7. The Kier molecular flexibility index (Phi) is 4.89. The second-order valence-corrected chi connectivity index (χ2v) is 6.07. The van der Waals surface area contributed by atoms with Gasteiger partial charge in [0.15, 0.2) is 0 Å². The molecular weight excluding hydrogens is 238 g/mol. The van der Waals surface area contributed by atoms with Gasteiger partial charge in [0.25, 0.3) is 6.47 Å². The zero-order valence-corrected chi connectivity index (χ0v) is 11.7. The fourth-order valence-corrected chi connectivity index (χ4v) is 3.43. The molecule has 1 atom stereocenters. The van der Waals surface area contributed by atoms with Gasteiger partial charge >= 0.3 is 0 Å². The molecule has 4 nitrogen and oxygen atoms in total. The molecule has 0 fully saturated rings. The van der Waals surface area contributed by atoms with Crippen molar-refractivity contribution in [1.82, 2.24) is 4.90 Å². The van der Waals surface area contributed by atoms with Crippen molar-refractivity contribution in [2.24, 2.45) is 0 Å². The molecule has 1 aliphatic heterocycles. The average molecular weight is 259 g/mol. The van der Waals surface area contributed by atoms with E-state index in [-0.39, 0.29) is 12.0 Å². The predicted molar refractivity (Wildman–Crippen MR) is 69.6 cm³/mol. The number of ether oxygens (including phenoxy) is 1. The second-order valence-electron chi connectivity index (χ2n) is 4.90. The van der Waals surface area contributed by atoms with Crippen LogP contribution in [-0.4, -0.2) is 46.9 Å². The summed E-state index contributed by atoms with van der Waals surface area (Å²) >= 11 is 1.77. The van der Waals surface area contributed by atoms with Gasteiger partial charge in [0.1, 0.15) is 5.60 Å². The summed E-state index contributed by atoms with van der Waals surface area (Å²) in [6.07, 6.45) is 0.767. The highest BCUT2D eigenvalue weighted by Crippen LogP contribution is 2.34. The van der Waals surface area contributed by atoms with Crippen molar-refractivity contribution >= 4 is 18.2 Å². The van der Waals surface area contributed by atoms with Crippen molar-refractivity contribution < 1.29 is 14.6 Å². The number of hydrogen-bond acceptors (Lipinski definition) is 5. The van der Waals surface area contributed by atoms with Gasteiger partial charge in [0, 0.05) is 24.9 Å². The van der Waals surface area contributed by atoms with Crippen molar-refractivity contribution in [1.29, 1.82) is 0 Å². The molecule has 0 spiro atoms. The number of carbonyl (C=O) groups is 1. The highest BCUT2D eigenvalue weighted by Gasteiger charge is 2.30. The number of thioether (sulfide) groups is 1.